The van der Waals surface area contributed by atoms with Gasteiger partial charge in [0.05, 0.1) is 23.9 Å². The van der Waals surface area contributed by atoms with E-state index < -0.39 is 12.1 Å². The van der Waals surface area contributed by atoms with Crippen molar-refractivity contribution < 1.29 is 19.7 Å². The highest BCUT2D eigenvalue weighted by Gasteiger charge is 2.47. The fraction of sp³-hybridized carbons (Fsp3) is 0.423. The molecule has 2 aliphatic rings. The van der Waals surface area contributed by atoms with Crippen LogP contribution in [0.4, 0.5) is 0 Å². The van der Waals surface area contributed by atoms with E-state index in [9.17, 15) is 9.90 Å². The van der Waals surface area contributed by atoms with Crippen molar-refractivity contribution in [3.8, 4) is 0 Å². The molecule has 0 amide bonds. The van der Waals surface area contributed by atoms with E-state index in [2.05, 4.69) is 25.1 Å². The Kier molecular flexibility index (Phi) is 6.35. The van der Waals surface area contributed by atoms with Crippen molar-refractivity contribution in [3.63, 3.8) is 0 Å². The lowest BCUT2D eigenvalue weighted by Crippen LogP contribution is -2.26. The van der Waals surface area contributed by atoms with Crippen LogP contribution in [0.15, 0.2) is 66.7 Å². The number of benzene rings is 2. The van der Waals surface area contributed by atoms with E-state index in [4.69, 9.17) is 9.84 Å². The normalized spacial score (nSPS) is 27.4. The number of ether oxygens (including phenoxy) is 1. The van der Waals surface area contributed by atoms with Crippen LogP contribution >= 0.6 is 0 Å². The summed E-state index contributed by atoms with van der Waals surface area (Å²) in [5.74, 6) is -0.0669. The molecule has 2 bridgehead atoms. The summed E-state index contributed by atoms with van der Waals surface area (Å²) in [7, 11) is 0. The van der Waals surface area contributed by atoms with Crippen LogP contribution in [0.2, 0.25) is 0 Å². The number of aliphatic hydroxyl groups excluding tert-OH is 1. The smallest absolute Gasteiger partial charge is 0.335 e. The standard InChI is InChI=1S/C26H30O4/c1-17(19-5-3-2-4-6-19)23(27)14-13-22-21(24-15-16-25(22)30-24)12-9-18-7-10-20(11-8-18)26(28)29/h2-8,10-11,13-14,17,21-25,27H,9,12,15-16H2,1H3,(H,28,29). The molecule has 2 aromatic carbocycles. The molecule has 4 rings (SSSR count). The molecule has 6 atom stereocenters. The van der Waals surface area contributed by atoms with Gasteiger partial charge in [-0.15, -0.1) is 0 Å². The number of carboxylic acids is 1. The second kappa shape index (κ2) is 9.15. The molecule has 0 aromatic heterocycles. The first-order chi connectivity index (χ1) is 14.5. The minimum atomic E-state index is -0.892. The molecular formula is C26H30O4. The van der Waals surface area contributed by atoms with Crippen LogP contribution in [0.3, 0.4) is 0 Å². The molecule has 2 saturated heterocycles. The fourth-order valence-electron chi connectivity index (χ4n) is 4.97. The highest BCUT2D eigenvalue weighted by Crippen LogP contribution is 2.46. The average Bonchev–Trinajstić information content (AvgIpc) is 3.38. The zero-order valence-corrected chi connectivity index (χ0v) is 17.4. The minimum absolute atomic E-state index is 0.0492. The number of carbonyl (C=O) groups is 1. The number of aromatic carboxylic acids is 1. The van der Waals surface area contributed by atoms with Gasteiger partial charge in [-0.25, -0.2) is 4.79 Å². The van der Waals surface area contributed by atoms with Crippen LogP contribution in [0.25, 0.3) is 0 Å². The predicted octanol–water partition coefficient (Wildman–Crippen LogP) is 4.83. The van der Waals surface area contributed by atoms with E-state index >= 15 is 0 Å². The second-order valence-corrected chi connectivity index (χ2v) is 8.65. The molecule has 4 nitrogen and oxygen atoms in total. The average molecular weight is 407 g/mol. The first kappa shape index (κ1) is 20.8. The lowest BCUT2D eigenvalue weighted by molar-refractivity contribution is 0.0697. The van der Waals surface area contributed by atoms with Gasteiger partial charge in [0.25, 0.3) is 0 Å². The first-order valence-electron chi connectivity index (χ1n) is 10.9. The van der Waals surface area contributed by atoms with Crippen molar-refractivity contribution in [3.05, 3.63) is 83.4 Å². The van der Waals surface area contributed by atoms with Crippen molar-refractivity contribution in [1.29, 1.82) is 0 Å². The molecule has 2 aliphatic heterocycles. The highest BCUT2D eigenvalue weighted by atomic mass is 16.5. The summed E-state index contributed by atoms with van der Waals surface area (Å²) >= 11 is 0. The maximum Gasteiger partial charge on any atom is 0.335 e. The van der Waals surface area contributed by atoms with Crippen LogP contribution < -0.4 is 0 Å². The van der Waals surface area contributed by atoms with E-state index in [-0.39, 0.29) is 12.0 Å². The van der Waals surface area contributed by atoms with E-state index in [1.165, 1.54) is 0 Å². The van der Waals surface area contributed by atoms with Crippen LogP contribution in [0.5, 0.6) is 0 Å². The molecule has 0 aliphatic carbocycles. The van der Waals surface area contributed by atoms with E-state index in [1.807, 2.05) is 36.4 Å². The third-order valence-corrected chi connectivity index (χ3v) is 6.82. The zero-order chi connectivity index (χ0) is 21.1. The summed E-state index contributed by atoms with van der Waals surface area (Å²) < 4.78 is 6.20. The molecule has 2 heterocycles. The zero-order valence-electron chi connectivity index (χ0n) is 17.4. The number of aryl methyl sites for hydroxylation is 1. The van der Waals surface area contributed by atoms with Gasteiger partial charge in [-0.1, -0.05) is 61.5 Å². The summed E-state index contributed by atoms with van der Waals surface area (Å²) in [6.45, 7) is 2.06. The lowest BCUT2D eigenvalue weighted by Gasteiger charge is -2.26. The van der Waals surface area contributed by atoms with Crippen LogP contribution in [0.1, 0.15) is 53.6 Å². The van der Waals surface area contributed by atoms with Gasteiger partial charge >= 0.3 is 5.97 Å². The Hall–Kier alpha value is -2.43. The molecule has 158 valence electrons. The van der Waals surface area contributed by atoms with Crippen molar-refractivity contribution in [2.45, 2.75) is 56.8 Å². The monoisotopic (exact) mass is 406 g/mol. The van der Waals surface area contributed by atoms with Gasteiger partial charge in [-0.05, 0) is 54.9 Å². The van der Waals surface area contributed by atoms with E-state index in [0.717, 1.165) is 36.8 Å². The van der Waals surface area contributed by atoms with Crippen LogP contribution in [-0.2, 0) is 11.2 Å². The molecule has 2 N–H and O–H groups in total. The van der Waals surface area contributed by atoms with Crippen LogP contribution in [-0.4, -0.2) is 34.5 Å². The van der Waals surface area contributed by atoms with Crippen molar-refractivity contribution in [2.24, 2.45) is 11.8 Å². The van der Waals surface area contributed by atoms with E-state index in [0.29, 0.717) is 23.5 Å². The third-order valence-electron chi connectivity index (χ3n) is 6.82. The number of aliphatic hydroxyl groups is 1. The minimum Gasteiger partial charge on any atom is -0.478 e. The van der Waals surface area contributed by atoms with Gasteiger partial charge in [0.1, 0.15) is 0 Å². The molecule has 2 fully saturated rings. The Morgan fingerprint density at radius 3 is 2.50 bits per heavy atom. The fourth-order valence-corrected chi connectivity index (χ4v) is 4.97. The van der Waals surface area contributed by atoms with Gasteiger partial charge in [-0.2, -0.15) is 0 Å². The van der Waals surface area contributed by atoms with Crippen molar-refractivity contribution >= 4 is 5.97 Å². The molecule has 0 radical (unpaired) electrons. The molecule has 30 heavy (non-hydrogen) atoms. The number of hydrogen-bond acceptors (Lipinski definition) is 3. The number of fused-ring (bicyclic) bond motifs is 2. The Balaban J connectivity index is 1.39. The SMILES string of the molecule is CC(c1ccccc1)C(O)C=CC1C2CCC(O2)C1CCc1ccc(C(=O)O)cc1. The Bertz CT molecular complexity index is 874. The number of carboxylic acid groups (broad SMARTS) is 1. The summed E-state index contributed by atoms with van der Waals surface area (Å²) in [6.07, 6.45) is 8.30. The third kappa shape index (κ3) is 4.50. The molecule has 6 unspecified atom stereocenters. The highest BCUT2D eigenvalue weighted by molar-refractivity contribution is 5.87. The summed E-state index contributed by atoms with van der Waals surface area (Å²) in [4.78, 5) is 11.0. The van der Waals surface area contributed by atoms with Crippen LogP contribution in [0, 0.1) is 11.8 Å². The maximum atomic E-state index is 11.0. The molecule has 4 heteroatoms. The Morgan fingerprint density at radius 1 is 1.10 bits per heavy atom. The first-order valence-corrected chi connectivity index (χ1v) is 10.9. The molecule has 2 aromatic rings. The van der Waals surface area contributed by atoms with E-state index in [1.54, 1.807) is 12.1 Å². The Labute approximate surface area is 178 Å². The van der Waals surface area contributed by atoms with Gasteiger partial charge in [0, 0.05) is 11.8 Å². The summed E-state index contributed by atoms with van der Waals surface area (Å²) in [5.41, 5.74) is 2.62. The number of rotatable bonds is 8. The second-order valence-electron chi connectivity index (χ2n) is 8.65. The van der Waals surface area contributed by atoms with Gasteiger partial charge in [0.15, 0.2) is 0 Å². The predicted molar refractivity (Wildman–Crippen MR) is 117 cm³/mol. The Morgan fingerprint density at radius 2 is 1.80 bits per heavy atom. The van der Waals surface area contributed by atoms with Gasteiger partial charge in [-0.3, -0.25) is 0 Å². The molecule has 0 spiro atoms. The molecular weight excluding hydrogens is 376 g/mol. The van der Waals surface area contributed by atoms with Gasteiger partial charge < -0.3 is 14.9 Å². The summed E-state index contributed by atoms with van der Waals surface area (Å²) in [5, 5.41) is 19.7. The largest absolute Gasteiger partial charge is 0.478 e. The summed E-state index contributed by atoms with van der Waals surface area (Å²) in [6, 6.07) is 17.3. The number of hydrogen-bond donors (Lipinski definition) is 2. The topological polar surface area (TPSA) is 66.8 Å². The lowest BCUT2D eigenvalue weighted by atomic mass is 9.76. The molecule has 0 saturated carbocycles. The van der Waals surface area contributed by atoms with Crippen molar-refractivity contribution in [1.82, 2.24) is 0 Å². The maximum absolute atomic E-state index is 11.0. The quantitative estimate of drug-likeness (QED) is 0.616. The van der Waals surface area contributed by atoms with Crippen molar-refractivity contribution in [2.75, 3.05) is 0 Å². The van der Waals surface area contributed by atoms with Gasteiger partial charge in [0.2, 0.25) is 0 Å².